The van der Waals surface area contributed by atoms with Crippen LogP contribution in [0.1, 0.15) is 50.1 Å². The molecule has 0 N–H and O–H groups in total. The molecule has 0 saturated heterocycles. The lowest BCUT2D eigenvalue weighted by atomic mass is 10.1. The van der Waals surface area contributed by atoms with Gasteiger partial charge in [-0.25, -0.2) is 4.98 Å². The smallest absolute Gasteiger partial charge is 0.184 e. The third kappa shape index (κ3) is 6.34. The zero-order valence-electron chi connectivity index (χ0n) is 11.5. The van der Waals surface area contributed by atoms with E-state index in [1.54, 1.807) is 11.3 Å². The summed E-state index contributed by atoms with van der Waals surface area (Å²) in [6, 6.07) is 0. The summed E-state index contributed by atoms with van der Waals surface area (Å²) in [5, 5.41) is 3.20. The lowest BCUT2D eigenvalue weighted by Crippen LogP contribution is -2.28. The van der Waals surface area contributed by atoms with Crippen LogP contribution in [0.2, 0.25) is 19.6 Å². The molecule has 2 nitrogen and oxygen atoms in total. The van der Waals surface area contributed by atoms with Crippen LogP contribution in [-0.2, 0) is 4.43 Å². The fourth-order valence-electron chi connectivity index (χ4n) is 1.81. The maximum absolute atomic E-state index is 6.25. The topological polar surface area (TPSA) is 22.1 Å². The third-order valence-corrected chi connectivity index (χ3v) is 4.40. The molecule has 1 aromatic rings. The highest BCUT2D eigenvalue weighted by atomic mass is 32.1. The lowest BCUT2D eigenvalue weighted by Gasteiger charge is -2.25. The van der Waals surface area contributed by atoms with Crippen molar-refractivity contribution in [2.24, 2.45) is 0 Å². The Kier molecular flexibility index (Phi) is 6.37. The summed E-state index contributed by atoms with van der Waals surface area (Å²) in [4.78, 5) is 4.42. The van der Waals surface area contributed by atoms with Gasteiger partial charge in [-0.3, -0.25) is 0 Å². The van der Waals surface area contributed by atoms with Gasteiger partial charge in [-0.1, -0.05) is 32.6 Å². The molecule has 98 valence electrons. The van der Waals surface area contributed by atoms with Gasteiger partial charge in [0.05, 0.1) is 6.10 Å². The summed E-state index contributed by atoms with van der Waals surface area (Å²) in [6.07, 6.45) is 8.42. The molecule has 0 aromatic carbocycles. The largest absolute Gasteiger partial charge is 0.408 e. The average Bonchev–Trinajstić information content (AvgIpc) is 2.74. The van der Waals surface area contributed by atoms with Crippen molar-refractivity contribution >= 4 is 19.7 Å². The molecule has 1 rings (SSSR count). The van der Waals surface area contributed by atoms with Crippen molar-refractivity contribution < 1.29 is 4.43 Å². The van der Waals surface area contributed by atoms with E-state index in [4.69, 9.17) is 4.43 Å². The second kappa shape index (κ2) is 7.29. The summed E-state index contributed by atoms with van der Waals surface area (Å²) in [5.41, 5.74) is 0. The molecule has 0 radical (unpaired) electrons. The standard InChI is InChI=1S/C13H25NOSSi/c1-5-6-7-8-9-12(15-17(2,3)4)13-14-10-11-16-13/h10-12H,5-9H2,1-4H3. The van der Waals surface area contributed by atoms with E-state index < -0.39 is 8.32 Å². The fourth-order valence-corrected chi connectivity index (χ4v) is 3.68. The second-order valence-corrected chi connectivity index (χ2v) is 10.8. The van der Waals surface area contributed by atoms with Crippen LogP contribution < -0.4 is 0 Å². The van der Waals surface area contributed by atoms with Gasteiger partial charge in [0.15, 0.2) is 8.32 Å². The predicted molar refractivity (Wildman–Crippen MR) is 78.0 cm³/mol. The summed E-state index contributed by atoms with van der Waals surface area (Å²) in [6.45, 7) is 9.00. The van der Waals surface area contributed by atoms with E-state index in [2.05, 4.69) is 31.5 Å². The highest BCUT2D eigenvalue weighted by Crippen LogP contribution is 2.28. The van der Waals surface area contributed by atoms with Gasteiger partial charge < -0.3 is 4.43 Å². The molecule has 0 bridgehead atoms. The van der Waals surface area contributed by atoms with E-state index in [0.29, 0.717) is 0 Å². The van der Waals surface area contributed by atoms with Crippen molar-refractivity contribution in [1.82, 2.24) is 4.98 Å². The number of nitrogens with zero attached hydrogens (tertiary/aromatic N) is 1. The van der Waals surface area contributed by atoms with Crippen LogP contribution in [0.25, 0.3) is 0 Å². The van der Waals surface area contributed by atoms with E-state index >= 15 is 0 Å². The summed E-state index contributed by atoms with van der Waals surface area (Å²) in [7, 11) is -1.48. The maximum atomic E-state index is 6.25. The Morgan fingerprint density at radius 1 is 1.29 bits per heavy atom. The van der Waals surface area contributed by atoms with Crippen molar-refractivity contribution in [2.45, 2.75) is 64.8 Å². The number of rotatable bonds is 8. The minimum absolute atomic E-state index is 0.235. The van der Waals surface area contributed by atoms with E-state index in [9.17, 15) is 0 Å². The summed E-state index contributed by atoms with van der Waals surface area (Å²) < 4.78 is 6.25. The van der Waals surface area contributed by atoms with Crippen molar-refractivity contribution in [2.75, 3.05) is 0 Å². The Labute approximate surface area is 111 Å². The molecular formula is C13H25NOSSi. The molecule has 0 aliphatic rings. The minimum atomic E-state index is -1.48. The van der Waals surface area contributed by atoms with Crippen molar-refractivity contribution in [3.05, 3.63) is 16.6 Å². The molecule has 0 fully saturated rings. The van der Waals surface area contributed by atoms with E-state index in [1.165, 1.54) is 25.7 Å². The SMILES string of the molecule is CCCCCCC(O[Si](C)(C)C)c1nccs1. The summed E-state index contributed by atoms with van der Waals surface area (Å²) in [5.74, 6) is 0. The first-order valence-electron chi connectivity index (χ1n) is 6.60. The Hall–Kier alpha value is -0.193. The lowest BCUT2D eigenvalue weighted by molar-refractivity contribution is 0.182. The quantitative estimate of drug-likeness (QED) is 0.490. The highest BCUT2D eigenvalue weighted by Gasteiger charge is 2.23. The van der Waals surface area contributed by atoms with Crippen LogP contribution in [0, 0.1) is 0 Å². The number of aromatic nitrogens is 1. The summed E-state index contributed by atoms with van der Waals surface area (Å²) >= 11 is 1.72. The van der Waals surface area contributed by atoms with Gasteiger partial charge in [-0.15, -0.1) is 11.3 Å². The van der Waals surface area contributed by atoms with Crippen molar-refractivity contribution in [3.8, 4) is 0 Å². The van der Waals surface area contributed by atoms with Gasteiger partial charge in [0, 0.05) is 11.6 Å². The van der Waals surface area contributed by atoms with Gasteiger partial charge in [-0.05, 0) is 26.1 Å². The van der Waals surface area contributed by atoms with Crippen LogP contribution in [0.5, 0.6) is 0 Å². The molecule has 1 unspecified atom stereocenters. The Bertz CT molecular complexity index is 295. The molecule has 1 heterocycles. The normalized spacial score (nSPS) is 13.9. The van der Waals surface area contributed by atoms with E-state index in [0.717, 1.165) is 11.4 Å². The molecule has 17 heavy (non-hydrogen) atoms. The third-order valence-electron chi connectivity index (χ3n) is 2.54. The molecular weight excluding hydrogens is 246 g/mol. The molecule has 1 aromatic heterocycles. The molecule has 0 aliphatic carbocycles. The van der Waals surface area contributed by atoms with Gasteiger partial charge in [0.25, 0.3) is 0 Å². The molecule has 0 aliphatic heterocycles. The van der Waals surface area contributed by atoms with Crippen LogP contribution in [0.4, 0.5) is 0 Å². The molecule has 4 heteroatoms. The first-order chi connectivity index (χ1) is 8.03. The fraction of sp³-hybridized carbons (Fsp3) is 0.769. The minimum Gasteiger partial charge on any atom is -0.408 e. The van der Waals surface area contributed by atoms with Crippen LogP contribution >= 0.6 is 11.3 Å². The van der Waals surface area contributed by atoms with Gasteiger partial charge in [0.2, 0.25) is 0 Å². The predicted octanol–water partition coefficient (Wildman–Crippen LogP) is 5.01. The Morgan fingerprint density at radius 2 is 2.06 bits per heavy atom. The van der Waals surface area contributed by atoms with Gasteiger partial charge in [0.1, 0.15) is 5.01 Å². The van der Waals surface area contributed by atoms with Crippen LogP contribution in [0.15, 0.2) is 11.6 Å². The van der Waals surface area contributed by atoms with Crippen LogP contribution in [0.3, 0.4) is 0 Å². The second-order valence-electron chi connectivity index (χ2n) is 5.44. The zero-order valence-corrected chi connectivity index (χ0v) is 13.3. The number of hydrogen-bond acceptors (Lipinski definition) is 3. The first kappa shape index (κ1) is 14.9. The molecule has 0 saturated carbocycles. The van der Waals surface area contributed by atoms with E-state index in [1.807, 2.05) is 11.6 Å². The first-order valence-corrected chi connectivity index (χ1v) is 10.9. The number of thiazole rings is 1. The zero-order chi connectivity index (χ0) is 12.7. The van der Waals surface area contributed by atoms with Crippen LogP contribution in [-0.4, -0.2) is 13.3 Å². The maximum Gasteiger partial charge on any atom is 0.184 e. The highest BCUT2D eigenvalue weighted by molar-refractivity contribution is 7.09. The monoisotopic (exact) mass is 271 g/mol. The van der Waals surface area contributed by atoms with Gasteiger partial charge in [-0.2, -0.15) is 0 Å². The Morgan fingerprint density at radius 3 is 2.59 bits per heavy atom. The average molecular weight is 272 g/mol. The number of hydrogen-bond donors (Lipinski definition) is 0. The van der Waals surface area contributed by atoms with Crippen molar-refractivity contribution in [1.29, 1.82) is 0 Å². The molecule has 1 atom stereocenters. The van der Waals surface area contributed by atoms with Crippen molar-refractivity contribution in [3.63, 3.8) is 0 Å². The van der Waals surface area contributed by atoms with Gasteiger partial charge >= 0.3 is 0 Å². The molecule has 0 spiro atoms. The Balaban J connectivity index is 2.48. The van der Waals surface area contributed by atoms with E-state index in [-0.39, 0.29) is 6.10 Å². The number of unbranched alkanes of at least 4 members (excludes halogenated alkanes) is 3. The molecule has 0 amide bonds.